The van der Waals surface area contributed by atoms with Crippen LogP contribution >= 0.6 is 0 Å². The van der Waals surface area contributed by atoms with E-state index in [-0.39, 0.29) is 0 Å². The lowest BCUT2D eigenvalue weighted by Gasteiger charge is -2.20. The van der Waals surface area contributed by atoms with E-state index >= 15 is 0 Å². The quantitative estimate of drug-likeness (QED) is 0.322. The van der Waals surface area contributed by atoms with Crippen LogP contribution in [0.5, 0.6) is 34.5 Å². The second-order valence-corrected chi connectivity index (χ2v) is 5.66. The molecule has 6 heteroatoms. The van der Waals surface area contributed by atoms with Crippen molar-refractivity contribution in [3.8, 4) is 34.5 Å². The Balaban J connectivity index is 2.25. The summed E-state index contributed by atoms with van der Waals surface area (Å²) in [6.45, 7) is 0. The molecule has 0 aliphatic heterocycles. The first-order chi connectivity index (χ1) is 11.9. The Hall–Kier alpha value is -3.54. The van der Waals surface area contributed by atoms with Crippen molar-refractivity contribution >= 4 is 0 Å². The molecule has 6 N–H and O–H groups in total. The molecule has 0 saturated carbocycles. The fourth-order valence-corrected chi connectivity index (χ4v) is 2.81. The van der Waals surface area contributed by atoms with Crippen LogP contribution in [0.4, 0.5) is 0 Å². The summed E-state index contributed by atoms with van der Waals surface area (Å²) in [5.74, 6) is -3.84. The van der Waals surface area contributed by atoms with Gasteiger partial charge >= 0.3 is 0 Å². The maximum atomic E-state index is 9.83. The zero-order valence-electron chi connectivity index (χ0n) is 13.0. The molecule has 3 aromatic rings. The van der Waals surface area contributed by atoms with E-state index in [0.29, 0.717) is 11.1 Å². The van der Waals surface area contributed by atoms with Crippen LogP contribution in [0.2, 0.25) is 0 Å². The highest BCUT2D eigenvalue weighted by Gasteiger charge is 2.22. The van der Waals surface area contributed by atoms with Crippen LogP contribution in [0.15, 0.2) is 54.6 Å². The molecule has 0 bridgehead atoms. The molecule has 0 heterocycles. The molecule has 6 nitrogen and oxygen atoms in total. The molecule has 0 unspecified atom stereocenters. The first-order valence-corrected chi connectivity index (χ1v) is 7.43. The number of phenolic OH excluding ortho intramolecular Hbond substituents is 6. The van der Waals surface area contributed by atoms with E-state index < -0.39 is 40.4 Å². The highest BCUT2D eigenvalue weighted by atomic mass is 16.3. The number of benzene rings is 3. The predicted octanol–water partition coefficient (Wildman–Crippen LogP) is 3.10. The van der Waals surface area contributed by atoms with E-state index in [4.69, 9.17) is 0 Å². The highest BCUT2D eigenvalue weighted by molar-refractivity contribution is 5.58. The van der Waals surface area contributed by atoms with Crippen LogP contribution in [0, 0.1) is 0 Å². The molecule has 0 saturated heterocycles. The molecule has 3 aromatic carbocycles. The van der Waals surface area contributed by atoms with Crippen LogP contribution in [0.1, 0.15) is 22.6 Å². The van der Waals surface area contributed by atoms with Crippen molar-refractivity contribution in [1.82, 2.24) is 0 Å². The van der Waals surface area contributed by atoms with E-state index in [1.165, 1.54) is 24.3 Å². The summed E-state index contributed by atoms with van der Waals surface area (Å²) in [5.41, 5.74) is 1.59. The lowest BCUT2D eigenvalue weighted by Crippen LogP contribution is -2.03. The Morgan fingerprint density at radius 1 is 0.480 bits per heavy atom. The van der Waals surface area contributed by atoms with E-state index in [9.17, 15) is 30.6 Å². The molecule has 0 spiro atoms. The van der Waals surface area contributed by atoms with Gasteiger partial charge < -0.3 is 30.6 Å². The molecule has 3 rings (SSSR count). The van der Waals surface area contributed by atoms with Gasteiger partial charge in [-0.25, -0.2) is 0 Å². The monoisotopic (exact) mass is 340 g/mol. The molecule has 25 heavy (non-hydrogen) atoms. The highest BCUT2D eigenvalue weighted by Crippen LogP contribution is 2.44. The standard InChI is InChI=1S/C19H16O6/c20-13-6-11(7-14(21)18(13)24)17(10-4-2-1-3-5-10)12-8-15(22)19(25)16(23)9-12/h1-9,17,20-25H. The summed E-state index contributed by atoms with van der Waals surface area (Å²) in [7, 11) is 0. The topological polar surface area (TPSA) is 121 Å². The van der Waals surface area contributed by atoms with Crippen LogP contribution in [0.3, 0.4) is 0 Å². The maximum Gasteiger partial charge on any atom is 0.200 e. The van der Waals surface area contributed by atoms with Crippen LogP contribution in [0.25, 0.3) is 0 Å². The van der Waals surface area contributed by atoms with Crippen molar-refractivity contribution in [3.63, 3.8) is 0 Å². The SMILES string of the molecule is Oc1cc(C(c2ccccc2)c2cc(O)c(O)c(O)c2)cc(O)c1O. The smallest absolute Gasteiger partial charge is 0.200 e. The van der Waals surface area contributed by atoms with Gasteiger partial charge in [0, 0.05) is 5.92 Å². The van der Waals surface area contributed by atoms with Gasteiger partial charge in [-0.15, -0.1) is 0 Å². The molecule has 128 valence electrons. The molecular formula is C19H16O6. The van der Waals surface area contributed by atoms with E-state index in [0.717, 1.165) is 5.56 Å². The molecular weight excluding hydrogens is 324 g/mol. The van der Waals surface area contributed by atoms with Gasteiger partial charge in [-0.2, -0.15) is 0 Å². The molecule has 0 radical (unpaired) electrons. The average Bonchev–Trinajstić information content (AvgIpc) is 2.58. The fraction of sp³-hybridized carbons (Fsp3) is 0.0526. The molecule has 0 aliphatic carbocycles. The number of aromatic hydroxyl groups is 6. The van der Waals surface area contributed by atoms with Gasteiger partial charge in [0.15, 0.2) is 34.5 Å². The Morgan fingerprint density at radius 2 is 0.840 bits per heavy atom. The molecule has 0 aromatic heterocycles. The second-order valence-electron chi connectivity index (χ2n) is 5.66. The minimum Gasteiger partial charge on any atom is -0.504 e. The van der Waals surface area contributed by atoms with Gasteiger partial charge in [-0.1, -0.05) is 30.3 Å². The lowest BCUT2D eigenvalue weighted by atomic mass is 9.84. The van der Waals surface area contributed by atoms with Gasteiger partial charge in [-0.05, 0) is 41.0 Å². The van der Waals surface area contributed by atoms with E-state index in [1.807, 2.05) is 6.07 Å². The first kappa shape index (κ1) is 16.3. The largest absolute Gasteiger partial charge is 0.504 e. The van der Waals surface area contributed by atoms with E-state index in [2.05, 4.69) is 0 Å². The van der Waals surface area contributed by atoms with Crippen molar-refractivity contribution in [2.24, 2.45) is 0 Å². The number of phenols is 6. The zero-order chi connectivity index (χ0) is 18.1. The predicted molar refractivity (Wildman–Crippen MR) is 90.3 cm³/mol. The fourth-order valence-electron chi connectivity index (χ4n) is 2.81. The van der Waals surface area contributed by atoms with Gasteiger partial charge in [-0.3, -0.25) is 0 Å². The number of hydrogen-bond donors (Lipinski definition) is 6. The molecule has 0 fully saturated rings. The van der Waals surface area contributed by atoms with Crippen LogP contribution < -0.4 is 0 Å². The summed E-state index contributed by atoms with van der Waals surface area (Å²) >= 11 is 0. The summed E-state index contributed by atoms with van der Waals surface area (Å²) < 4.78 is 0. The van der Waals surface area contributed by atoms with Crippen LogP contribution in [-0.4, -0.2) is 30.6 Å². The normalized spacial score (nSPS) is 10.9. The zero-order valence-corrected chi connectivity index (χ0v) is 13.0. The van der Waals surface area contributed by atoms with Crippen LogP contribution in [-0.2, 0) is 0 Å². The van der Waals surface area contributed by atoms with Crippen molar-refractivity contribution in [2.75, 3.05) is 0 Å². The third-order valence-corrected chi connectivity index (χ3v) is 3.98. The molecule has 0 aliphatic rings. The van der Waals surface area contributed by atoms with Gasteiger partial charge in [0.05, 0.1) is 0 Å². The Bertz CT molecular complexity index is 817. The third-order valence-electron chi connectivity index (χ3n) is 3.98. The summed E-state index contributed by atoms with van der Waals surface area (Å²) in [6, 6.07) is 14.1. The summed E-state index contributed by atoms with van der Waals surface area (Å²) in [5, 5.41) is 58.4. The average molecular weight is 340 g/mol. The second kappa shape index (κ2) is 6.16. The van der Waals surface area contributed by atoms with Crippen molar-refractivity contribution in [1.29, 1.82) is 0 Å². The maximum absolute atomic E-state index is 9.83. The van der Waals surface area contributed by atoms with Crippen molar-refractivity contribution < 1.29 is 30.6 Å². The van der Waals surface area contributed by atoms with Gasteiger partial charge in [0.1, 0.15) is 0 Å². The first-order valence-electron chi connectivity index (χ1n) is 7.43. The van der Waals surface area contributed by atoms with Crippen molar-refractivity contribution in [3.05, 3.63) is 71.3 Å². The van der Waals surface area contributed by atoms with Gasteiger partial charge in [0.25, 0.3) is 0 Å². The molecule has 0 atom stereocenters. The summed E-state index contributed by atoms with van der Waals surface area (Å²) in [4.78, 5) is 0. The van der Waals surface area contributed by atoms with Gasteiger partial charge in [0.2, 0.25) is 0 Å². The Kier molecular flexibility index (Phi) is 4.02. The minimum absolute atomic E-state index is 0.420. The van der Waals surface area contributed by atoms with Crippen molar-refractivity contribution in [2.45, 2.75) is 5.92 Å². The van der Waals surface area contributed by atoms with E-state index in [1.54, 1.807) is 24.3 Å². The number of hydrogen-bond acceptors (Lipinski definition) is 6. The number of rotatable bonds is 3. The summed E-state index contributed by atoms with van der Waals surface area (Å²) in [6.07, 6.45) is 0. The minimum atomic E-state index is -0.632. The lowest BCUT2D eigenvalue weighted by molar-refractivity contribution is 0.366. The molecule has 0 amide bonds. The third kappa shape index (κ3) is 2.97. The Labute approximate surface area is 143 Å². The Morgan fingerprint density at radius 3 is 1.20 bits per heavy atom.